The first-order chi connectivity index (χ1) is 10.1. The number of nitrogens with zero attached hydrogens (tertiary/aromatic N) is 4. The highest BCUT2D eigenvalue weighted by molar-refractivity contribution is 9.10. The van der Waals surface area contributed by atoms with E-state index in [2.05, 4.69) is 31.1 Å². The number of sulfone groups is 1. The summed E-state index contributed by atoms with van der Waals surface area (Å²) in [7, 11) is -2.40. The summed E-state index contributed by atoms with van der Waals surface area (Å²) in [6.45, 7) is 1.34. The van der Waals surface area contributed by atoms with Crippen LogP contribution in [0.5, 0.6) is 0 Å². The fraction of sp³-hybridized carbons (Fsp3) is 0.364. The summed E-state index contributed by atoms with van der Waals surface area (Å²) >= 11 is 3.08. The van der Waals surface area contributed by atoms with E-state index in [1.807, 2.05) is 0 Å². The van der Waals surface area contributed by atoms with Gasteiger partial charge in [0.25, 0.3) is 0 Å². The number of rotatable bonds is 3. The molecule has 0 aliphatic heterocycles. The topological polar surface area (TPSA) is 77.7 Å². The normalized spacial score (nSPS) is 12.6. The van der Waals surface area contributed by atoms with Crippen molar-refractivity contribution in [3.8, 4) is 11.5 Å². The maximum absolute atomic E-state index is 12.8. The predicted molar refractivity (Wildman–Crippen MR) is 74.7 cm³/mol. The Hall–Kier alpha value is -1.49. The van der Waals surface area contributed by atoms with Gasteiger partial charge in [0.05, 0.1) is 16.2 Å². The Morgan fingerprint density at radius 2 is 1.95 bits per heavy atom. The van der Waals surface area contributed by atoms with Crippen molar-refractivity contribution in [2.24, 2.45) is 7.05 Å². The van der Waals surface area contributed by atoms with Gasteiger partial charge in [0.1, 0.15) is 5.69 Å². The van der Waals surface area contributed by atoms with Crippen LogP contribution in [-0.4, -0.2) is 33.9 Å². The van der Waals surface area contributed by atoms with Crippen molar-refractivity contribution in [1.82, 2.24) is 19.7 Å². The van der Waals surface area contributed by atoms with Crippen LogP contribution in [0, 0.1) is 0 Å². The average molecular weight is 399 g/mol. The van der Waals surface area contributed by atoms with Gasteiger partial charge in [0.15, 0.2) is 20.4 Å². The van der Waals surface area contributed by atoms with E-state index in [0.717, 1.165) is 0 Å². The SMILES string of the molecule is CCS(=O)(=O)c1cc(C(F)(F)F)cnc1-c1nnc(Br)n1C. The zero-order valence-electron chi connectivity index (χ0n) is 11.4. The zero-order chi connectivity index (χ0) is 16.7. The van der Waals surface area contributed by atoms with Crippen molar-refractivity contribution in [2.75, 3.05) is 5.75 Å². The first-order valence-corrected chi connectivity index (χ1v) is 8.37. The minimum atomic E-state index is -4.69. The van der Waals surface area contributed by atoms with Crippen molar-refractivity contribution in [2.45, 2.75) is 18.0 Å². The molecule has 0 aliphatic carbocycles. The van der Waals surface area contributed by atoms with Crippen LogP contribution in [-0.2, 0) is 23.1 Å². The third kappa shape index (κ3) is 3.00. The summed E-state index contributed by atoms with van der Waals surface area (Å²) in [5, 5.41) is 7.43. The number of alkyl halides is 3. The molecule has 6 nitrogen and oxygen atoms in total. The average Bonchev–Trinajstić information content (AvgIpc) is 2.77. The van der Waals surface area contributed by atoms with Crippen LogP contribution in [0.15, 0.2) is 21.9 Å². The fourth-order valence-corrected chi connectivity index (χ4v) is 2.98. The van der Waals surface area contributed by atoms with Gasteiger partial charge in [0, 0.05) is 13.2 Å². The van der Waals surface area contributed by atoms with E-state index in [1.54, 1.807) is 0 Å². The van der Waals surface area contributed by atoms with Crippen molar-refractivity contribution in [3.05, 3.63) is 22.6 Å². The monoisotopic (exact) mass is 398 g/mol. The molecule has 2 heterocycles. The number of aromatic nitrogens is 4. The molecule has 0 radical (unpaired) electrons. The van der Waals surface area contributed by atoms with E-state index in [0.29, 0.717) is 17.0 Å². The first kappa shape index (κ1) is 16.9. The van der Waals surface area contributed by atoms with Crippen molar-refractivity contribution >= 4 is 25.8 Å². The molecule has 120 valence electrons. The summed E-state index contributed by atoms with van der Waals surface area (Å²) in [6, 6.07) is 0.573. The number of hydrogen-bond acceptors (Lipinski definition) is 5. The van der Waals surface area contributed by atoms with Gasteiger partial charge in [-0.25, -0.2) is 8.42 Å². The van der Waals surface area contributed by atoms with Crippen LogP contribution in [0.3, 0.4) is 0 Å². The van der Waals surface area contributed by atoms with E-state index in [9.17, 15) is 21.6 Å². The lowest BCUT2D eigenvalue weighted by atomic mass is 10.2. The van der Waals surface area contributed by atoms with E-state index in [1.165, 1.54) is 18.5 Å². The lowest BCUT2D eigenvalue weighted by molar-refractivity contribution is -0.138. The molecule has 22 heavy (non-hydrogen) atoms. The van der Waals surface area contributed by atoms with E-state index in [4.69, 9.17) is 0 Å². The molecule has 2 rings (SSSR count). The lowest BCUT2D eigenvalue weighted by Gasteiger charge is -2.12. The molecule has 2 aromatic heterocycles. The van der Waals surface area contributed by atoms with Crippen LogP contribution in [0.2, 0.25) is 0 Å². The van der Waals surface area contributed by atoms with Crippen molar-refractivity contribution < 1.29 is 21.6 Å². The van der Waals surface area contributed by atoms with Gasteiger partial charge < -0.3 is 4.57 Å². The van der Waals surface area contributed by atoms with Crippen molar-refractivity contribution in [3.63, 3.8) is 0 Å². The Balaban J connectivity index is 2.78. The molecular weight excluding hydrogens is 389 g/mol. The molecule has 0 bridgehead atoms. The van der Waals surface area contributed by atoms with Crippen LogP contribution < -0.4 is 0 Å². The molecule has 0 aliphatic rings. The Bertz CT molecular complexity index is 817. The first-order valence-electron chi connectivity index (χ1n) is 5.93. The molecule has 0 amide bonds. The Morgan fingerprint density at radius 3 is 2.41 bits per heavy atom. The third-order valence-electron chi connectivity index (χ3n) is 2.93. The highest BCUT2D eigenvalue weighted by Gasteiger charge is 2.34. The second kappa shape index (κ2) is 5.61. The molecule has 0 atom stereocenters. The maximum atomic E-state index is 12.8. The maximum Gasteiger partial charge on any atom is 0.417 e. The standard InChI is InChI=1S/C11H10BrF3N4O2S/c1-3-22(20,21)7-4-6(11(13,14)15)5-16-8(7)9-17-18-10(12)19(9)2/h4-5H,3H2,1-2H3. The molecule has 2 aromatic rings. The molecule has 0 N–H and O–H groups in total. The molecule has 0 spiro atoms. The summed E-state index contributed by atoms with van der Waals surface area (Å²) in [4.78, 5) is 3.14. The van der Waals surface area contributed by atoms with Gasteiger partial charge in [-0.2, -0.15) is 13.2 Å². The lowest BCUT2D eigenvalue weighted by Crippen LogP contribution is -2.13. The molecular formula is C11H10BrF3N4O2S. The predicted octanol–water partition coefficient (Wildman–Crippen LogP) is 2.45. The largest absolute Gasteiger partial charge is 0.417 e. The van der Waals surface area contributed by atoms with Crippen LogP contribution >= 0.6 is 15.9 Å². The smallest absolute Gasteiger partial charge is 0.303 e. The van der Waals surface area contributed by atoms with Gasteiger partial charge in [-0.1, -0.05) is 6.92 Å². The highest BCUT2D eigenvalue weighted by atomic mass is 79.9. The quantitative estimate of drug-likeness (QED) is 0.793. The molecule has 0 saturated carbocycles. The second-order valence-electron chi connectivity index (χ2n) is 4.32. The van der Waals surface area contributed by atoms with Crippen LogP contribution in [0.25, 0.3) is 11.5 Å². The zero-order valence-corrected chi connectivity index (χ0v) is 13.8. The molecule has 0 fully saturated rings. The highest BCUT2D eigenvalue weighted by Crippen LogP contribution is 2.33. The fourth-order valence-electron chi connectivity index (χ4n) is 1.68. The number of hydrogen-bond donors (Lipinski definition) is 0. The van der Waals surface area contributed by atoms with Crippen LogP contribution in [0.4, 0.5) is 13.2 Å². The second-order valence-corrected chi connectivity index (χ2v) is 7.28. The molecule has 0 aromatic carbocycles. The molecule has 0 unspecified atom stereocenters. The third-order valence-corrected chi connectivity index (χ3v) is 5.36. The summed E-state index contributed by atoms with van der Waals surface area (Å²) in [5.41, 5.74) is -1.31. The van der Waals surface area contributed by atoms with Crippen molar-refractivity contribution in [1.29, 1.82) is 0 Å². The summed E-state index contributed by atoms with van der Waals surface area (Å²) in [6.07, 6.45) is -4.11. The minimum Gasteiger partial charge on any atom is -0.303 e. The number of pyridine rings is 1. The van der Waals surface area contributed by atoms with E-state index >= 15 is 0 Å². The Labute approximate surface area is 132 Å². The van der Waals surface area contributed by atoms with E-state index in [-0.39, 0.29) is 17.3 Å². The minimum absolute atomic E-state index is 0.0487. The molecule has 11 heteroatoms. The van der Waals surface area contributed by atoms with Gasteiger partial charge in [0.2, 0.25) is 0 Å². The Kier molecular flexibility index (Phi) is 4.30. The van der Waals surface area contributed by atoms with Gasteiger partial charge in [-0.15, -0.1) is 10.2 Å². The van der Waals surface area contributed by atoms with Gasteiger partial charge in [-0.05, 0) is 22.0 Å². The Morgan fingerprint density at radius 1 is 1.32 bits per heavy atom. The van der Waals surface area contributed by atoms with Gasteiger partial charge in [-0.3, -0.25) is 4.98 Å². The molecule has 0 saturated heterocycles. The van der Waals surface area contributed by atoms with E-state index < -0.39 is 26.5 Å². The van der Waals surface area contributed by atoms with Gasteiger partial charge >= 0.3 is 6.18 Å². The number of halogens is 4. The van der Waals surface area contributed by atoms with Crippen LogP contribution in [0.1, 0.15) is 12.5 Å². The summed E-state index contributed by atoms with van der Waals surface area (Å²) < 4.78 is 64.3. The summed E-state index contributed by atoms with van der Waals surface area (Å²) in [5.74, 6) is -0.310.